The van der Waals surface area contributed by atoms with Crippen molar-refractivity contribution in [2.24, 2.45) is 0 Å². The number of carbonyl (C=O) groups is 1. The molecule has 0 saturated heterocycles. The summed E-state index contributed by atoms with van der Waals surface area (Å²) in [4.78, 5) is 19.1. The largest absolute Gasteiger partial charge is 0.338 e. The molecular formula is C10H8BrN3O2. The van der Waals surface area contributed by atoms with Crippen molar-refractivity contribution in [1.29, 1.82) is 0 Å². The molecule has 0 amide bonds. The molecule has 5 nitrogen and oxygen atoms in total. The summed E-state index contributed by atoms with van der Waals surface area (Å²) >= 11 is 3.34. The van der Waals surface area contributed by atoms with E-state index in [1.807, 2.05) is 6.07 Å². The Kier molecular flexibility index (Phi) is 3.09. The van der Waals surface area contributed by atoms with E-state index in [9.17, 15) is 4.79 Å². The van der Waals surface area contributed by atoms with Crippen LogP contribution in [-0.4, -0.2) is 20.9 Å². The predicted octanol–water partition coefficient (Wildman–Crippen LogP) is 2.03. The van der Waals surface area contributed by atoms with Gasteiger partial charge in [0.1, 0.15) is 11.5 Å². The minimum Gasteiger partial charge on any atom is -0.338 e. The monoisotopic (exact) mass is 281 g/mol. The highest BCUT2D eigenvalue weighted by Crippen LogP contribution is 2.22. The average Bonchev–Trinajstić information content (AvgIpc) is 2.66. The molecule has 0 aromatic carbocycles. The van der Waals surface area contributed by atoms with Gasteiger partial charge in [-0.05, 0) is 35.0 Å². The summed E-state index contributed by atoms with van der Waals surface area (Å²) in [7, 11) is 0. The second-order valence-corrected chi connectivity index (χ2v) is 4.08. The second-order valence-electron chi connectivity index (χ2n) is 3.22. The quantitative estimate of drug-likeness (QED) is 0.861. The van der Waals surface area contributed by atoms with Gasteiger partial charge >= 0.3 is 0 Å². The van der Waals surface area contributed by atoms with Gasteiger partial charge in [-0.25, -0.2) is 0 Å². The van der Waals surface area contributed by atoms with E-state index < -0.39 is 0 Å². The van der Waals surface area contributed by atoms with Gasteiger partial charge in [0.05, 0.1) is 6.42 Å². The van der Waals surface area contributed by atoms with Crippen molar-refractivity contribution in [3.63, 3.8) is 0 Å². The topological polar surface area (TPSA) is 68.9 Å². The van der Waals surface area contributed by atoms with Gasteiger partial charge in [-0.15, -0.1) is 0 Å². The molecule has 2 aromatic rings. The molecule has 2 heterocycles. The lowest BCUT2D eigenvalue weighted by Gasteiger charge is -1.94. The Hall–Kier alpha value is -1.56. The van der Waals surface area contributed by atoms with E-state index >= 15 is 0 Å². The molecule has 0 aliphatic carbocycles. The first-order chi connectivity index (χ1) is 7.66. The molecule has 0 aliphatic rings. The van der Waals surface area contributed by atoms with Crippen molar-refractivity contribution in [3.05, 3.63) is 28.7 Å². The molecule has 82 valence electrons. The first kappa shape index (κ1) is 10.9. The van der Waals surface area contributed by atoms with Gasteiger partial charge in [-0.2, -0.15) is 4.98 Å². The average molecular weight is 282 g/mol. The summed E-state index contributed by atoms with van der Waals surface area (Å²) in [5, 5.41) is 3.77. The van der Waals surface area contributed by atoms with Gasteiger partial charge in [0, 0.05) is 10.7 Å². The molecule has 0 aliphatic heterocycles. The molecular weight excluding hydrogens is 274 g/mol. The maximum Gasteiger partial charge on any atom is 0.234 e. The molecule has 0 atom stereocenters. The van der Waals surface area contributed by atoms with Gasteiger partial charge in [-0.3, -0.25) is 9.78 Å². The van der Waals surface area contributed by atoms with E-state index in [-0.39, 0.29) is 12.2 Å². The lowest BCUT2D eigenvalue weighted by molar-refractivity contribution is -0.116. The SMILES string of the molecule is CC(=O)Cc1nc(-c2ncccc2Br)no1. The Morgan fingerprint density at radius 2 is 2.38 bits per heavy atom. The molecule has 2 aromatic heterocycles. The number of rotatable bonds is 3. The van der Waals surface area contributed by atoms with Crippen molar-refractivity contribution in [2.75, 3.05) is 0 Å². The third-order valence-corrected chi connectivity index (χ3v) is 2.48. The number of ketones is 1. The van der Waals surface area contributed by atoms with Crippen LogP contribution < -0.4 is 0 Å². The van der Waals surface area contributed by atoms with Crippen LogP contribution in [0.3, 0.4) is 0 Å². The molecule has 0 fully saturated rings. The highest BCUT2D eigenvalue weighted by atomic mass is 79.9. The first-order valence-electron chi connectivity index (χ1n) is 4.59. The summed E-state index contributed by atoms with van der Waals surface area (Å²) in [6.07, 6.45) is 1.79. The molecule has 0 spiro atoms. The van der Waals surface area contributed by atoms with Crippen molar-refractivity contribution < 1.29 is 9.32 Å². The maximum absolute atomic E-state index is 10.9. The fourth-order valence-electron chi connectivity index (χ4n) is 1.19. The molecule has 0 saturated carbocycles. The third kappa shape index (κ3) is 2.33. The summed E-state index contributed by atoms with van der Waals surface area (Å²) in [6, 6.07) is 3.63. The Morgan fingerprint density at radius 3 is 3.06 bits per heavy atom. The number of nitrogens with zero attached hydrogens (tertiary/aromatic N) is 3. The van der Waals surface area contributed by atoms with Crippen molar-refractivity contribution in [3.8, 4) is 11.5 Å². The van der Waals surface area contributed by atoms with Crippen LogP contribution in [-0.2, 0) is 11.2 Å². The van der Waals surface area contributed by atoms with Crippen molar-refractivity contribution >= 4 is 21.7 Å². The minimum atomic E-state index is -0.0183. The summed E-state index contributed by atoms with van der Waals surface area (Å²) in [5.41, 5.74) is 0.598. The van der Waals surface area contributed by atoms with Crippen molar-refractivity contribution in [1.82, 2.24) is 15.1 Å². The Morgan fingerprint density at radius 1 is 1.56 bits per heavy atom. The summed E-state index contributed by atoms with van der Waals surface area (Å²) in [6.45, 7) is 1.47. The Bertz CT molecular complexity index is 524. The number of hydrogen-bond donors (Lipinski definition) is 0. The fraction of sp³-hybridized carbons (Fsp3) is 0.200. The minimum absolute atomic E-state index is 0.0183. The maximum atomic E-state index is 10.9. The van der Waals surface area contributed by atoms with Gasteiger partial charge in [-0.1, -0.05) is 5.16 Å². The molecule has 0 unspecified atom stereocenters. The highest BCUT2D eigenvalue weighted by Gasteiger charge is 2.13. The number of Topliss-reactive ketones (excluding diaryl/α,β-unsaturated/α-hetero) is 1. The smallest absolute Gasteiger partial charge is 0.234 e. The molecule has 0 bridgehead atoms. The van der Waals surface area contributed by atoms with Crippen LogP contribution in [0, 0.1) is 0 Å². The van der Waals surface area contributed by atoms with Crippen LogP contribution in [0.2, 0.25) is 0 Å². The lowest BCUT2D eigenvalue weighted by Crippen LogP contribution is -1.96. The van der Waals surface area contributed by atoms with Gasteiger partial charge in [0.25, 0.3) is 0 Å². The normalized spacial score (nSPS) is 10.4. The number of aromatic nitrogens is 3. The zero-order chi connectivity index (χ0) is 11.5. The predicted molar refractivity (Wildman–Crippen MR) is 59.6 cm³/mol. The molecule has 0 N–H and O–H groups in total. The van der Waals surface area contributed by atoms with E-state index in [2.05, 4.69) is 31.1 Å². The summed E-state index contributed by atoms with van der Waals surface area (Å²) < 4.78 is 5.72. The van der Waals surface area contributed by atoms with E-state index in [0.29, 0.717) is 17.4 Å². The zero-order valence-corrected chi connectivity index (χ0v) is 10.1. The number of carbonyl (C=O) groups excluding carboxylic acids is 1. The van der Waals surface area contributed by atoms with E-state index in [1.54, 1.807) is 12.3 Å². The first-order valence-corrected chi connectivity index (χ1v) is 5.39. The van der Waals surface area contributed by atoms with E-state index in [4.69, 9.17) is 4.52 Å². The lowest BCUT2D eigenvalue weighted by atomic mass is 10.3. The van der Waals surface area contributed by atoms with Crippen molar-refractivity contribution in [2.45, 2.75) is 13.3 Å². The van der Waals surface area contributed by atoms with Crippen LogP contribution in [0.5, 0.6) is 0 Å². The van der Waals surface area contributed by atoms with E-state index in [1.165, 1.54) is 6.92 Å². The molecule has 0 radical (unpaired) electrons. The molecule has 6 heteroatoms. The molecule has 16 heavy (non-hydrogen) atoms. The Labute approximate surface area is 100 Å². The van der Waals surface area contributed by atoms with Crippen LogP contribution in [0.15, 0.2) is 27.3 Å². The van der Waals surface area contributed by atoms with Crippen LogP contribution in [0.4, 0.5) is 0 Å². The third-order valence-electron chi connectivity index (χ3n) is 1.84. The van der Waals surface area contributed by atoms with Gasteiger partial charge < -0.3 is 4.52 Å². The number of hydrogen-bond acceptors (Lipinski definition) is 5. The van der Waals surface area contributed by atoms with E-state index in [0.717, 1.165) is 4.47 Å². The Balaban J connectivity index is 2.32. The standard InChI is InChI=1S/C10H8BrN3O2/c1-6(15)5-8-13-10(14-16-8)9-7(11)3-2-4-12-9/h2-4H,5H2,1H3. The highest BCUT2D eigenvalue weighted by molar-refractivity contribution is 9.10. The molecule has 2 rings (SSSR count). The fourth-order valence-corrected chi connectivity index (χ4v) is 1.62. The van der Waals surface area contributed by atoms with Gasteiger partial charge in [0.15, 0.2) is 0 Å². The van der Waals surface area contributed by atoms with Crippen LogP contribution in [0.1, 0.15) is 12.8 Å². The van der Waals surface area contributed by atoms with Crippen LogP contribution in [0.25, 0.3) is 11.5 Å². The zero-order valence-electron chi connectivity index (χ0n) is 8.48. The number of pyridine rings is 1. The second kappa shape index (κ2) is 4.52. The summed E-state index contributed by atoms with van der Waals surface area (Å²) in [5.74, 6) is 0.666. The van der Waals surface area contributed by atoms with Crippen LogP contribution >= 0.6 is 15.9 Å². The number of halogens is 1. The van der Waals surface area contributed by atoms with Gasteiger partial charge in [0.2, 0.25) is 11.7 Å².